The smallest absolute Gasteiger partial charge is 0.255 e. The molecule has 0 unspecified atom stereocenters. The van der Waals surface area contributed by atoms with Crippen LogP contribution in [0.15, 0.2) is 36.8 Å². The lowest BCUT2D eigenvalue weighted by Gasteiger charge is -2.46. The molecular formula is C20H25N5O. The second-order valence-corrected chi connectivity index (χ2v) is 7.52. The van der Waals surface area contributed by atoms with Crippen molar-refractivity contribution in [2.24, 2.45) is 5.41 Å². The fourth-order valence-electron chi connectivity index (χ4n) is 4.10. The van der Waals surface area contributed by atoms with Gasteiger partial charge in [-0.15, -0.1) is 0 Å². The number of carbonyl (C=O) groups is 1. The molecule has 0 saturated carbocycles. The van der Waals surface area contributed by atoms with Gasteiger partial charge in [-0.3, -0.25) is 9.78 Å². The van der Waals surface area contributed by atoms with Gasteiger partial charge in [-0.05, 0) is 56.2 Å². The first-order valence-corrected chi connectivity index (χ1v) is 9.39. The van der Waals surface area contributed by atoms with E-state index < -0.39 is 0 Å². The summed E-state index contributed by atoms with van der Waals surface area (Å²) in [7, 11) is 0. The summed E-state index contributed by atoms with van der Waals surface area (Å²) >= 11 is 0. The standard InChI is InChI=1S/C20H25N5O/c1-16-3-4-17(15-23-16)18(26)24-11-5-20(6-12-24)7-13-25(14-8-20)19-21-9-2-10-22-19/h2-4,9-10,15H,5-8,11-14H2,1H3. The van der Waals surface area contributed by atoms with Gasteiger partial charge in [0.05, 0.1) is 5.56 Å². The van der Waals surface area contributed by atoms with Crippen LogP contribution in [-0.4, -0.2) is 51.9 Å². The van der Waals surface area contributed by atoms with Crippen molar-refractivity contribution in [1.82, 2.24) is 19.9 Å². The Morgan fingerprint density at radius 3 is 2.23 bits per heavy atom. The van der Waals surface area contributed by atoms with Crippen LogP contribution in [0, 0.1) is 12.3 Å². The van der Waals surface area contributed by atoms with Crippen LogP contribution in [0.25, 0.3) is 0 Å². The van der Waals surface area contributed by atoms with Gasteiger partial charge in [0.2, 0.25) is 5.95 Å². The topological polar surface area (TPSA) is 62.2 Å². The van der Waals surface area contributed by atoms with Gasteiger partial charge in [-0.1, -0.05) is 0 Å². The molecule has 4 heterocycles. The van der Waals surface area contributed by atoms with Crippen molar-refractivity contribution in [1.29, 1.82) is 0 Å². The second-order valence-electron chi connectivity index (χ2n) is 7.52. The van der Waals surface area contributed by atoms with E-state index in [0.29, 0.717) is 11.0 Å². The zero-order valence-electron chi connectivity index (χ0n) is 15.3. The van der Waals surface area contributed by atoms with Crippen molar-refractivity contribution >= 4 is 11.9 Å². The van der Waals surface area contributed by atoms with Crippen LogP contribution in [0.5, 0.6) is 0 Å². The Morgan fingerprint density at radius 2 is 1.62 bits per heavy atom. The minimum absolute atomic E-state index is 0.113. The lowest BCUT2D eigenvalue weighted by molar-refractivity contribution is 0.0514. The normalized spacial score (nSPS) is 19.6. The Bertz CT molecular complexity index is 744. The summed E-state index contributed by atoms with van der Waals surface area (Å²) in [6.45, 7) is 5.62. The maximum atomic E-state index is 12.7. The number of pyridine rings is 1. The predicted molar refractivity (Wildman–Crippen MR) is 100 cm³/mol. The van der Waals surface area contributed by atoms with Gasteiger partial charge in [-0.25, -0.2) is 9.97 Å². The first-order chi connectivity index (χ1) is 12.7. The zero-order chi connectivity index (χ0) is 18.0. The lowest BCUT2D eigenvalue weighted by Crippen LogP contribution is -2.48. The molecule has 0 bridgehead atoms. The highest BCUT2D eigenvalue weighted by atomic mass is 16.2. The molecule has 6 heteroatoms. The van der Waals surface area contributed by atoms with Gasteiger partial charge >= 0.3 is 0 Å². The molecule has 1 spiro atoms. The van der Waals surface area contributed by atoms with E-state index in [4.69, 9.17) is 0 Å². The lowest BCUT2D eigenvalue weighted by atomic mass is 9.71. The molecule has 6 nitrogen and oxygen atoms in total. The van der Waals surface area contributed by atoms with E-state index in [1.807, 2.05) is 30.0 Å². The first-order valence-electron chi connectivity index (χ1n) is 9.39. The van der Waals surface area contributed by atoms with Gasteiger partial charge < -0.3 is 9.80 Å². The molecule has 0 N–H and O–H groups in total. The van der Waals surface area contributed by atoms with Crippen LogP contribution in [0.2, 0.25) is 0 Å². The summed E-state index contributed by atoms with van der Waals surface area (Å²) in [5.41, 5.74) is 2.00. The number of nitrogens with zero attached hydrogens (tertiary/aromatic N) is 5. The molecule has 136 valence electrons. The maximum Gasteiger partial charge on any atom is 0.255 e. The molecule has 0 aliphatic carbocycles. The van der Waals surface area contributed by atoms with Crippen LogP contribution in [0.4, 0.5) is 5.95 Å². The van der Waals surface area contributed by atoms with Gasteiger partial charge in [0.1, 0.15) is 0 Å². The zero-order valence-corrected chi connectivity index (χ0v) is 15.3. The second kappa shape index (κ2) is 7.02. The van der Waals surface area contributed by atoms with Gasteiger partial charge in [-0.2, -0.15) is 0 Å². The molecule has 2 aromatic rings. The van der Waals surface area contributed by atoms with Gasteiger partial charge in [0.25, 0.3) is 5.91 Å². The van der Waals surface area contributed by atoms with E-state index in [-0.39, 0.29) is 5.91 Å². The SMILES string of the molecule is Cc1ccc(C(=O)N2CCC3(CC2)CCN(c2ncccn2)CC3)cn1. The molecule has 2 fully saturated rings. The first kappa shape index (κ1) is 16.9. The highest BCUT2D eigenvalue weighted by Gasteiger charge is 2.39. The molecule has 0 atom stereocenters. The van der Waals surface area contributed by atoms with Crippen molar-refractivity contribution < 1.29 is 4.79 Å². The van der Waals surface area contributed by atoms with E-state index in [1.165, 1.54) is 0 Å². The van der Waals surface area contributed by atoms with Crippen molar-refractivity contribution in [3.8, 4) is 0 Å². The Hall–Kier alpha value is -2.50. The number of carbonyl (C=O) groups excluding carboxylic acids is 1. The van der Waals surface area contributed by atoms with Gasteiger partial charge in [0.15, 0.2) is 0 Å². The number of hydrogen-bond acceptors (Lipinski definition) is 5. The van der Waals surface area contributed by atoms with Crippen molar-refractivity contribution in [2.75, 3.05) is 31.1 Å². The highest BCUT2D eigenvalue weighted by Crippen LogP contribution is 2.41. The van der Waals surface area contributed by atoms with E-state index in [0.717, 1.165) is 63.5 Å². The number of likely N-dealkylation sites (tertiary alicyclic amines) is 1. The summed E-state index contributed by atoms with van der Waals surface area (Å²) < 4.78 is 0. The van der Waals surface area contributed by atoms with Gasteiger partial charge in [0, 0.05) is 50.5 Å². The molecule has 2 aliphatic rings. The third-order valence-electron chi connectivity index (χ3n) is 5.93. The number of anilines is 1. The van der Waals surface area contributed by atoms with Crippen LogP contribution < -0.4 is 4.90 Å². The fourth-order valence-corrected chi connectivity index (χ4v) is 4.10. The fraction of sp³-hybridized carbons (Fsp3) is 0.500. The molecular weight excluding hydrogens is 326 g/mol. The quantitative estimate of drug-likeness (QED) is 0.832. The van der Waals surface area contributed by atoms with Crippen molar-refractivity contribution in [3.05, 3.63) is 48.0 Å². The van der Waals surface area contributed by atoms with E-state index in [1.54, 1.807) is 18.6 Å². The van der Waals surface area contributed by atoms with Crippen LogP contribution >= 0.6 is 0 Å². The molecule has 2 aromatic heterocycles. The summed E-state index contributed by atoms with van der Waals surface area (Å²) in [6.07, 6.45) is 9.77. The van der Waals surface area contributed by atoms with Crippen molar-refractivity contribution in [2.45, 2.75) is 32.6 Å². The Balaban J connectivity index is 1.34. The molecule has 4 rings (SSSR count). The minimum Gasteiger partial charge on any atom is -0.341 e. The molecule has 2 aliphatic heterocycles. The summed E-state index contributed by atoms with van der Waals surface area (Å²) in [4.78, 5) is 29.9. The van der Waals surface area contributed by atoms with Crippen LogP contribution in [0.3, 0.4) is 0 Å². The largest absolute Gasteiger partial charge is 0.341 e. The number of aryl methyl sites for hydroxylation is 1. The predicted octanol–water partition coefficient (Wildman–Crippen LogP) is 2.70. The van der Waals surface area contributed by atoms with Crippen LogP contribution in [0.1, 0.15) is 41.7 Å². The summed E-state index contributed by atoms with van der Waals surface area (Å²) in [6, 6.07) is 5.64. The van der Waals surface area contributed by atoms with E-state index >= 15 is 0 Å². The summed E-state index contributed by atoms with van der Waals surface area (Å²) in [5.74, 6) is 0.948. The Kier molecular flexibility index (Phi) is 4.57. The maximum absolute atomic E-state index is 12.7. The van der Waals surface area contributed by atoms with E-state index in [9.17, 15) is 4.79 Å². The average molecular weight is 351 g/mol. The monoisotopic (exact) mass is 351 g/mol. The third-order valence-corrected chi connectivity index (χ3v) is 5.93. The van der Waals surface area contributed by atoms with Crippen molar-refractivity contribution in [3.63, 3.8) is 0 Å². The Labute approximate surface area is 154 Å². The highest BCUT2D eigenvalue weighted by molar-refractivity contribution is 5.94. The number of hydrogen-bond donors (Lipinski definition) is 0. The molecule has 1 amide bonds. The van der Waals surface area contributed by atoms with E-state index in [2.05, 4.69) is 19.9 Å². The molecule has 0 radical (unpaired) electrons. The molecule has 26 heavy (non-hydrogen) atoms. The van der Waals surface area contributed by atoms with Crippen LogP contribution in [-0.2, 0) is 0 Å². The molecule has 2 saturated heterocycles. The number of piperidine rings is 2. The number of aromatic nitrogens is 3. The minimum atomic E-state index is 0.113. The molecule has 0 aromatic carbocycles. The average Bonchev–Trinajstić information content (AvgIpc) is 2.70. The summed E-state index contributed by atoms with van der Waals surface area (Å²) in [5, 5.41) is 0. The number of amides is 1. The Morgan fingerprint density at radius 1 is 0.962 bits per heavy atom. The third kappa shape index (κ3) is 3.41. The number of rotatable bonds is 2.